The smallest absolute Gasteiger partial charge is 0.355 e. The van der Waals surface area contributed by atoms with Crippen LogP contribution in [-0.2, 0) is 17.4 Å². The Kier molecular flexibility index (Phi) is 6.85. The molecule has 1 fully saturated rings. The molecular weight excluding hydrogens is 393 g/mol. The minimum atomic E-state index is -4.42. The van der Waals surface area contributed by atoms with E-state index >= 15 is 0 Å². The number of halogens is 3. The van der Waals surface area contributed by atoms with Crippen LogP contribution < -0.4 is 5.32 Å². The lowest BCUT2D eigenvalue weighted by atomic mass is 10.1. The van der Waals surface area contributed by atoms with Crippen molar-refractivity contribution in [2.75, 3.05) is 26.2 Å². The fourth-order valence-electron chi connectivity index (χ4n) is 3.98. The lowest BCUT2D eigenvalue weighted by Crippen LogP contribution is -2.35. The Hall–Kier alpha value is -2.35. The van der Waals surface area contributed by atoms with Gasteiger partial charge in [0.15, 0.2) is 0 Å². The van der Waals surface area contributed by atoms with E-state index in [9.17, 15) is 18.0 Å². The standard InChI is InChI=1S/C22H29F3N4O/c1-15(14-28-9-4-5-10-28)13-26-21(30)12-20-16(2)27-29(17(20)3)19-8-6-7-18(11-19)22(23,24)25/h6-8,11,15H,4-5,9-10,12-14H2,1-3H3,(H,26,30). The summed E-state index contributed by atoms with van der Waals surface area (Å²) < 4.78 is 40.6. The third kappa shape index (κ3) is 5.41. The number of carbonyl (C=O) groups is 1. The molecule has 0 bridgehead atoms. The molecule has 0 saturated carbocycles. The van der Waals surface area contributed by atoms with Crippen molar-refractivity contribution >= 4 is 5.91 Å². The fourth-order valence-corrected chi connectivity index (χ4v) is 3.98. The molecule has 3 rings (SSSR count). The molecule has 1 amide bonds. The van der Waals surface area contributed by atoms with Crippen molar-refractivity contribution in [3.63, 3.8) is 0 Å². The number of aromatic nitrogens is 2. The van der Waals surface area contributed by atoms with Gasteiger partial charge in [-0.15, -0.1) is 0 Å². The van der Waals surface area contributed by atoms with Crippen LogP contribution in [0.5, 0.6) is 0 Å². The van der Waals surface area contributed by atoms with Gasteiger partial charge in [-0.05, 0) is 63.9 Å². The minimum absolute atomic E-state index is 0.0990. The Morgan fingerprint density at radius 2 is 1.93 bits per heavy atom. The van der Waals surface area contributed by atoms with Gasteiger partial charge in [0.25, 0.3) is 0 Å². The normalized spacial score (nSPS) is 16.1. The molecule has 5 nitrogen and oxygen atoms in total. The molecule has 1 atom stereocenters. The summed E-state index contributed by atoms with van der Waals surface area (Å²) in [6.45, 7) is 9.52. The quantitative estimate of drug-likeness (QED) is 0.736. The monoisotopic (exact) mass is 422 g/mol. The summed E-state index contributed by atoms with van der Waals surface area (Å²) in [4.78, 5) is 14.9. The van der Waals surface area contributed by atoms with E-state index in [0.717, 1.165) is 37.3 Å². The Labute approximate surface area is 175 Å². The highest BCUT2D eigenvalue weighted by Crippen LogP contribution is 2.30. The van der Waals surface area contributed by atoms with Crippen molar-refractivity contribution in [2.45, 2.75) is 46.2 Å². The zero-order valence-corrected chi connectivity index (χ0v) is 17.7. The summed E-state index contributed by atoms with van der Waals surface area (Å²) in [5, 5.41) is 7.37. The number of nitrogens with one attached hydrogen (secondary N) is 1. The van der Waals surface area contributed by atoms with Crippen molar-refractivity contribution in [3.8, 4) is 5.69 Å². The number of amides is 1. The van der Waals surface area contributed by atoms with E-state index in [1.54, 1.807) is 19.9 Å². The SMILES string of the molecule is Cc1nn(-c2cccc(C(F)(F)F)c2)c(C)c1CC(=O)NCC(C)CN1CCCC1. The number of benzene rings is 1. The molecule has 1 unspecified atom stereocenters. The molecule has 0 radical (unpaired) electrons. The minimum Gasteiger partial charge on any atom is -0.355 e. The average molecular weight is 422 g/mol. The molecule has 1 aliphatic heterocycles. The van der Waals surface area contributed by atoms with Gasteiger partial charge in [-0.3, -0.25) is 4.79 Å². The van der Waals surface area contributed by atoms with Crippen LogP contribution in [-0.4, -0.2) is 46.8 Å². The molecule has 1 saturated heterocycles. The van der Waals surface area contributed by atoms with Crippen molar-refractivity contribution in [2.24, 2.45) is 5.92 Å². The second-order valence-electron chi connectivity index (χ2n) is 8.20. The number of rotatable bonds is 7. The average Bonchev–Trinajstić information content (AvgIpc) is 3.29. The van der Waals surface area contributed by atoms with Gasteiger partial charge in [-0.1, -0.05) is 13.0 Å². The highest BCUT2D eigenvalue weighted by atomic mass is 19.4. The summed E-state index contributed by atoms with van der Waals surface area (Å²) in [6, 6.07) is 5.05. The molecule has 0 aliphatic carbocycles. The maximum Gasteiger partial charge on any atom is 0.416 e. The van der Waals surface area contributed by atoms with E-state index in [1.165, 1.54) is 23.6 Å². The predicted octanol–water partition coefficient (Wildman–Crippen LogP) is 3.90. The van der Waals surface area contributed by atoms with Gasteiger partial charge in [0.1, 0.15) is 0 Å². The van der Waals surface area contributed by atoms with Gasteiger partial charge in [-0.25, -0.2) is 4.68 Å². The van der Waals surface area contributed by atoms with E-state index in [0.29, 0.717) is 29.5 Å². The van der Waals surface area contributed by atoms with Gasteiger partial charge >= 0.3 is 6.18 Å². The van der Waals surface area contributed by atoms with E-state index in [1.807, 2.05) is 0 Å². The number of aryl methyl sites for hydroxylation is 1. The molecular formula is C22H29F3N4O. The van der Waals surface area contributed by atoms with Crippen LogP contribution in [0.15, 0.2) is 24.3 Å². The Morgan fingerprint density at radius 3 is 2.60 bits per heavy atom. The second kappa shape index (κ2) is 9.20. The van der Waals surface area contributed by atoms with Crippen LogP contribution in [0.25, 0.3) is 5.69 Å². The topological polar surface area (TPSA) is 50.2 Å². The summed E-state index contributed by atoms with van der Waals surface area (Å²) in [7, 11) is 0. The Balaban J connectivity index is 1.65. The lowest BCUT2D eigenvalue weighted by Gasteiger charge is -2.20. The first-order valence-corrected chi connectivity index (χ1v) is 10.4. The van der Waals surface area contributed by atoms with E-state index < -0.39 is 11.7 Å². The molecule has 1 aliphatic rings. The molecule has 8 heteroatoms. The van der Waals surface area contributed by atoms with Crippen LogP contribution in [0.3, 0.4) is 0 Å². The number of likely N-dealkylation sites (tertiary alicyclic amines) is 1. The summed E-state index contributed by atoms with van der Waals surface area (Å²) >= 11 is 0. The molecule has 164 valence electrons. The van der Waals surface area contributed by atoms with Crippen molar-refractivity contribution in [1.82, 2.24) is 20.0 Å². The van der Waals surface area contributed by atoms with Crippen LogP contribution in [0.4, 0.5) is 13.2 Å². The molecule has 0 spiro atoms. The molecule has 2 heterocycles. The highest BCUT2D eigenvalue weighted by Gasteiger charge is 2.30. The van der Waals surface area contributed by atoms with Crippen LogP contribution in [0, 0.1) is 19.8 Å². The maximum absolute atomic E-state index is 13.0. The van der Waals surface area contributed by atoms with E-state index in [4.69, 9.17) is 0 Å². The van der Waals surface area contributed by atoms with Gasteiger partial charge in [0.05, 0.1) is 23.4 Å². The van der Waals surface area contributed by atoms with Crippen LogP contribution >= 0.6 is 0 Å². The third-order valence-corrected chi connectivity index (χ3v) is 5.61. The lowest BCUT2D eigenvalue weighted by molar-refractivity contribution is -0.137. The number of hydrogen-bond donors (Lipinski definition) is 1. The predicted molar refractivity (Wildman–Crippen MR) is 110 cm³/mol. The highest BCUT2D eigenvalue weighted by molar-refractivity contribution is 5.79. The molecule has 2 aromatic rings. The van der Waals surface area contributed by atoms with E-state index in [2.05, 4.69) is 22.2 Å². The van der Waals surface area contributed by atoms with Gasteiger partial charge < -0.3 is 10.2 Å². The van der Waals surface area contributed by atoms with Crippen molar-refractivity contribution in [3.05, 3.63) is 46.8 Å². The maximum atomic E-state index is 13.0. The number of carbonyl (C=O) groups excluding carboxylic acids is 1. The molecule has 1 N–H and O–H groups in total. The molecule has 30 heavy (non-hydrogen) atoms. The van der Waals surface area contributed by atoms with Gasteiger partial charge in [0, 0.05) is 24.3 Å². The first-order chi connectivity index (χ1) is 14.1. The fraction of sp³-hybridized carbons (Fsp3) is 0.545. The third-order valence-electron chi connectivity index (χ3n) is 5.61. The second-order valence-corrected chi connectivity index (χ2v) is 8.20. The van der Waals surface area contributed by atoms with Crippen LogP contribution in [0.1, 0.15) is 42.3 Å². The number of nitrogens with zero attached hydrogens (tertiary/aromatic N) is 3. The summed E-state index contributed by atoms with van der Waals surface area (Å²) in [6.07, 6.45) is -1.77. The van der Waals surface area contributed by atoms with E-state index in [-0.39, 0.29) is 12.3 Å². The Bertz CT molecular complexity index is 885. The summed E-state index contributed by atoms with van der Waals surface area (Å²) in [5.74, 6) is 0.264. The van der Waals surface area contributed by atoms with Gasteiger partial charge in [0.2, 0.25) is 5.91 Å². The van der Waals surface area contributed by atoms with Gasteiger partial charge in [-0.2, -0.15) is 18.3 Å². The summed E-state index contributed by atoms with van der Waals surface area (Å²) in [5.41, 5.74) is 1.67. The first-order valence-electron chi connectivity index (χ1n) is 10.4. The zero-order chi connectivity index (χ0) is 21.9. The number of alkyl halides is 3. The largest absolute Gasteiger partial charge is 0.416 e. The van der Waals surface area contributed by atoms with Crippen LogP contribution in [0.2, 0.25) is 0 Å². The van der Waals surface area contributed by atoms with Crippen molar-refractivity contribution < 1.29 is 18.0 Å². The molecule has 1 aromatic heterocycles. The number of hydrogen-bond acceptors (Lipinski definition) is 3. The first kappa shape index (κ1) is 22.3. The van der Waals surface area contributed by atoms with Crippen molar-refractivity contribution in [1.29, 1.82) is 0 Å². The zero-order valence-electron chi connectivity index (χ0n) is 17.7. The molecule has 1 aromatic carbocycles. The Morgan fingerprint density at radius 1 is 1.23 bits per heavy atom.